The molecule has 0 atom stereocenters. The summed E-state index contributed by atoms with van der Waals surface area (Å²) in [7, 11) is 0. The van der Waals surface area contributed by atoms with Gasteiger partial charge in [0.15, 0.2) is 0 Å². The van der Waals surface area contributed by atoms with E-state index >= 15 is 0 Å². The molecule has 0 unspecified atom stereocenters. The smallest absolute Gasteiger partial charge is 0.268 e. The first-order valence-corrected chi connectivity index (χ1v) is 3.54. The van der Waals surface area contributed by atoms with Crippen molar-refractivity contribution in [1.29, 1.82) is 0 Å². The van der Waals surface area contributed by atoms with Crippen LogP contribution in [0.4, 0.5) is 0 Å². The lowest BCUT2D eigenvalue weighted by Gasteiger charge is -1.97. The van der Waals surface area contributed by atoms with Crippen LogP contribution >= 0.6 is 23.2 Å². The molecular weight excluding hydrogens is 205 g/mol. The van der Waals surface area contributed by atoms with Crippen molar-refractivity contribution in [2.45, 2.75) is 0 Å². The van der Waals surface area contributed by atoms with Gasteiger partial charge in [-0.1, -0.05) is 28.4 Å². The second-order valence-corrected chi connectivity index (χ2v) is 2.59. The predicted molar refractivity (Wildman–Crippen MR) is 42.6 cm³/mol. The molecule has 5 nitrogen and oxygen atoms in total. The van der Waals surface area contributed by atoms with Crippen LogP contribution in [0.5, 0.6) is 0 Å². The van der Waals surface area contributed by atoms with Crippen molar-refractivity contribution in [3.8, 4) is 0 Å². The lowest BCUT2D eigenvalue weighted by Crippen LogP contribution is -2.36. The molecule has 1 aromatic heterocycles. The third-order valence-electron chi connectivity index (χ3n) is 1.06. The minimum Gasteiger partial charge on any atom is -0.594 e. The fraction of sp³-hybridized carbons (Fsp3) is 0. The molecule has 0 fully saturated rings. The molecule has 0 aromatic carbocycles. The molecule has 1 heterocycles. The van der Waals surface area contributed by atoms with Crippen LogP contribution < -0.4 is 4.85 Å². The van der Waals surface area contributed by atoms with Crippen molar-refractivity contribution < 1.29 is 10.1 Å². The van der Waals surface area contributed by atoms with E-state index in [1.54, 1.807) is 0 Å². The van der Waals surface area contributed by atoms with Crippen LogP contribution in [0.1, 0.15) is 5.69 Å². The fourth-order valence-corrected chi connectivity index (χ4v) is 0.848. The third kappa shape index (κ3) is 1.75. The lowest BCUT2D eigenvalue weighted by atomic mass is 10.4. The number of aromatic nitrogens is 2. The average molecular weight is 208 g/mol. The maximum absolute atomic E-state index is 10.8. The summed E-state index contributed by atoms with van der Waals surface area (Å²) < 4.78 is 0. The molecule has 0 bridgehead atoms. The first kappa shape index (κ1) is 9.02. The van der Waals surface area contributed by atoms with Crippen LogP contribution in [0, 0.1) is 5.21 Å². The molecule has 0 saturated carbocycles. The maximum atomic E-state index is 10.8. The summed E-state index contributed by atoms with van der Waals surface area (Å²) in [5, 5.41) is 24.9. The van der Waals surface area contributed by atoms with E-state index in [4.69, 9.17) is 28.4 Å². The van der Waals surface area contributed by atoms with Crippen molar-refractivity contribution in [2.75, 3.05) is 0 Å². The molecule has 0 amide bonds. The molecule has 0 spiro atoms. The van der Waals surface area contributed by atoms with Gasteiger partial charge in [0.2, 0.25) is 5.15 Å². The van der Waals surface area contributed by atoms with Crippen molar-refractivity contribution in [3.63, 3.8) is 0 Å². The summed E-state index contributed by atoms with van der Waals surface area (Å²) in [4.78, 5) is 0.202. The highest BCUT2D eigenvalue weighted by Crippen LogP contribution is 2.16. The summed E-state index contributed by atoms with van der Waals surface area (Å²) in [6.45, 7) is 0. The average Bonchev–Trinajstić information content (AvgIpc) is 2.01. The van der Waals surface area contributed by atoms with Crippen LogP contribution in [0.15, 0.2) is 11.2 Å². The second-order valence-electron chi connectivity index (χ2n) is 1.83. The first-order chi connectivity index (χ1) is 5.65. The van der Waals surface area contributed by atoms with Crippen molar-refractivity contribution in [1.82, 2.24) is 5.10 Å². The Morgan fingerprint density at radius 2 is 2.33 bits per heavy atom. The number of hydrogen-bond donors (Lipinski definition) is 1. The third-order valence-corrected chi connectivity index (χ3v) is 1.73. The summed E-state index contributed by atoms with van der Waals surface area (Å²) >= 11 is 10.9. The van der Waals surface area contributed by atoms with Crippen LogP contribution in [-0.2, 0) is 0 Å². The Bertz CT molecular complexity index is 329. The van der Waals surface area contributed by atoms with E-state index in [1.165, 1.54) is 6.07 Å². The highest BCUT2D eigenvalue weighted by molar-refractivity contribution is 6.41. The molecule has 1 aromatic rings. The van der Waals surface area contributed by atoms with Gasteiger partial charge in [0.1, 0.15) is 6.21 Å². The molecule has 7 heteroatoms. The highest BCUT2D eigenvalue weighted by atomic mass is 35.5. The van der Waals surface area contributed by atoms with E-state index in [-0.39, 0.29) is 20.7 Å². The number of halogens is 2. The van der Waals surface area contributed by atoms with E-state index in [2.05, 4.69) is 10.3 Å². The molecule has 0 radical (unpaired) electrons. The summed E-state index contributed by atoms with van der Waals surface area (Å²) in [5.74, 6) is 0. The summed E-state index contributed by atoms with van der Waals surface area (Å²) in [6, 6.07) is 1.24. The van der Waals surface area contributed by atoms with E-state index in [9.17, 15) is 5.21 Å². The molecule has 0 aliphatic carbocycles. The van der Waals surface area contributed by atoms with Gasteiger partial charge in [-0.2, -0.15) is 0 Å². The lowest BCUT2D eigenvalue weighted by molar-refractivity contribution is -0.669. The number of oxime groups is 1. The van der Waals surface area contributed by atoms with Gasteiger partial charge in [-0.25, -0.2) is 0 Å². The normalized spacial score (nSPS) is 10.8. The standard InChI is InChI=1S/C5H3Cl2N3O2/c6-4-1-3(2-8-11)10(12)9-5(4)7/h1-2,11H. The van der Waals surface area contributed by atoms with Gasteiger partial charge in [-0.15, -0.1) is 0 Å². The number of nitrogens with zero attached hydrogens (tertiary/aromatic N) is 3. The van der Waals surface area contributed by atoms with Gasteiger partial charge in [0, 0.05) is 11.2 Å². The predicted octanol–water partition coefficient (Wildman–Crippen LogP) is 0.830. The Labute approximate surface area is 77.4 Å². The van der Waals surface area contributed by atoms with Crippen LogP contribution in [0.25, 0.3) is 0 Å². The minimum absolute atomic E-state index is 0.00639. The monoisotopic (exact) mass is 207 g/mol. The quantitative estimate of drug-likeness (QED) is 0.244. The summed E-state index contributed by atoms with van der Waals surface area (Å²) in [5.41, 5.74) is 0.00639. The largest absolute Gasteiger partial charge is 0.594 e. The van der Waals surface area contributed by atoms with Gasteiger partial charge >= 0.3 is 0 Å². The van der Waals surface area contributed by atoms with E-state index in [0.29, 0.717) is 0 Å². The molecule has 0 aliphatic rings. The molecule has 0 saturated heterocycles. The molecule has 0 aliphatic heterocycles. The van der Waals surface area contributed by atoms with Crippen LogP contribution in [-0.4, -0.2) is 16.5 Å². The van der Waals surface area contributed by atoms with Gasteiger partial charge in [0.05, 0.1) is 5.02 Å². The Hall–Kier alpha value is -1.07. The van der Waals surface area contributed by atoms with Gasteiger partial charge in [-0.3, -0.25) is 0 Å². The van der Waals surface area contributed by atoms with Crippen LogP contribution in [0.3, 0.4) is 0 Å². The molecule has 1 rings (SSSR count). The number of rotatable bonds is 1. The molecular formula is C5H3Cl2N3O2. The zero-order valence-electron chi connectivity index (χ0n) is 5.61. The SMILES string of the molecule is [O-][n+]1nc(Cl)c(Cl)cc1C=NO. The van der Waals surface area contributed by atoms with Gasteiger partial charge in [-0.05, 0) is 4.85 Å². The van der Waals surface area contributed by atoms with Crippen LogP contribution in [0.2, 0.25) is 10.2 Å². The van der Waals surface area contributed by atoms with Crippen molar-refractivity contribution in [2.24, 2.45) is 5.16 Å². The van der Waals surface area contributed by atoms with Crippen molar-refractivity contribution in [3.05, 3.63) is 27.1 Å². The fourth-order valence-electron chi connectivity index (χ4n) is 0.576. The van der Waals surface area contributed by atoms with E-state index in [1.807, 2.05) is 0 Å². The number of hydrogen-bond acceptors (Lipinski definition) is 4. The highest BCUT2D eigenvalue weighted by Gasteiger charge is 2.10. The zero-order chi connectivity index (χ0) is 9.14. The van der Waals surface area contributed by atoms with E-state index < -0.39 is 0 Å². The van der Waals surface area contributed by atoms with Gasteiger partial charge in [0.25, 0.3) is 5.69 Å². The topological polar surface area (TPSA) is 72.4 Å². The Morgan fingerprint density at radius 1 is 1.67 bits per heavy atom. The molecule has 64 valence electrons. The Balaban J connectivity index is 3.23. The summed E-state index contributed by atoms with van der Waals surface area (Å²) in [6.07, 6.45) is 0.905. The zero-order valence-corrected chi connectivity index (χ0v) is 7.12. The van der Waals surface area contributed by atoms with Gasteiger partial charge < -0.3 is 10.4 Å². The Kier molecular flexibility index (Phi) is 2.67. The Morgan fingerprint density at radius 3 is 2.92 bits per heavy atom. The molecule has 1 N–H and O–H groups in total. The van der Waals surface area contributed by atoms with E-state index in [0.717, 1.165) is 6.21 Å². The maximum Gasteiger partial charge on any atom is 0.268 e. The second kappa shape index (κ2) is 3.55. The molecule has 12 heavy (non-hydrogen) atoms. The minimum atomic E-state index is -0.0956. The van der Waals surface area contributed by atoms with Crippen molar-refractivity contribution >= 4 is 29.4 Å². The first-order valence-electron chi connectivity index (χ1n) is 2.78.